The molecular formula is C78H151NO5. The quantitative estimate of drug-likeness (QED) is 0.0320. The van der Waals surface area contributed by atoms with Crippen LogP contribution in [-0.2, 0) is 14.3 Å². The number of unbranched alkanes of at least 4 members (excludes halogenated alkanes) is 60. The number of ether oxygens (including phenoxy) is 1. The van der Waals surface area contributed by atoms with Crippen molar-refractivity contribution in [2.24, 2.45) is 0 Å². The van der Waals surface area contributed by atoms with Crippen molar-refractivity contribution in [3.05, 3.63) is 24.3 Å². The third-order valence-electron chi connectivity index (χ3n) is 18.2. The standard InChI is InChI=1S/C78H151NO5/c1-3-5-7-9-11-13-15-17-19-20-36-39-43-46-50-54-58-62-66-70-76(81)75(74-80)79-77(82)71-67-63-59-55-51-47-44-40-37-34-32-30-28-26-24-22-21-23-25-27-29-31-33-35-38-41-45-49-53-57-61-65-69-73-84-78(83)72-68-64-60-56-52-48-42-18-16-14-12-10-8-6-4-2/h25,27,66,70,75-76,80-81H,3-24,26,28-65,67-69,71-74H2,1-2H3,(H,79,82)/b27-25-,70-66+. The number of esters is 1. The Morgan fingerprint density at radius 1 is 0.321 bits per heavy atom. The van der Waals surface area contributed by atoms with Crippen LogP contribution in [0.1, 0.15) is 438 Å². The normalized spacial score (nSPS) is 12.6. The summed E-state index contributed by atoms with van der Waals surface area (Å²) in [6.07, 6.45) is 94.3. The van der Waals surface area contributed by atoms with Crippen molar-refractivity contribution in [3.63, 3.8) is 0 Å². The number of aliphatic hydroxyl groups is 2. The Kier molecular flexibility index (Phi) is 72.3. The molecule has 0 rings (SSSR count). The lowest BCUT2D eigenvalue weighted by molar-refractivity contribution is -0.143. The van der Waals surface area contributed by atoms with Crippen LogP contribution < -0.4 is 5.32 Å². The lowest BCUT2D eigenvalue weighted by Crippen LogP contribution is -2.45. The van der Waals surface area contributed by atoms with Crippen LogP contribution in [0.25, 0.3) is 0 Å². The Hall–Kier alpha value is -1.66. The highest BCUT2D eigenvalue weighted by Gasteiger charge is 2.18. The zero-order valence-corrected chi connectivity index (χ0v) is 57.2. The third-order valence-corrected chi connectivity index (χ3v) is 18.2. The second kappa shape index (κ2) is 73.8. The van der Waals surface area contributed by atoms with Gasteiger partial charge in [0.1, 0.15) is 0 Å². The molecule has 0 bridgehead atoms. The summed E-state index contributed by atoms with van der Waals surface area (Å²) in [4.78, 5) is 24.6. The molecule has 0 aromatic rings. The number of carbonyl (C=O) groups is 2. The molecule has 0 aliphatic heterocycles. The van der Waals surface area contributed by atoms with Crippen molar-refractivity contribution in [2.45, 2.75) is 450 Å². The van der Waals surface area contributed by atoms with Gasteiger partial charge in [-0.1, -0.05) is 391 Å². The highest BCUT2D eigenvalue weighted by atomic mass is 16.5. The van der Waals surface area contributed by atoms with Gasteiger partial charge in [-0.25, -0.2) is 0 Å². The van der Waals surface area contributed by atoms with Gasteiger partial charge in [-0.2, -0.15) is 0 Å². The Balaban J connectivity index is 3.36. The summed E-state index contributed by atoms with van der Waals surface area (Å²) in [5.74, 6) is -0.0384. The number of rotatable bonds is 73. The second-order valence-electron chi connectivity index (χ2n) is 26.7. The third kappa shape index (κ3) is 69.4. The fourth-order valence-electron chi connectivity index (χ4n) is 12.3. The van der Waals surface area contributed by atoms with Crippen molar-refractivity contribution in [2.75, 3.05) is 13.2 Å². The average Bonchev–Trinajstić information content (AvgIpc) is 3.52. The van der Waals surface area contributed by atoms with E-state index >= 15 is 0 Å². The number of aliphatic hydroxyl groups excluding tert-OH is 2. The molecular weight excluding hydrogens is 1030 g/mol. The fraction of sp³-hybridized carbons (Fsp3) is 0.923. The van der Waals surface area contributed by atoms with Crippen molar-refractivity contribution < 1.29 is 24.5 Å². The first kappa shape index (κ1) is 82.3. The largest absolute Gasteiger partial charge is 0.466 e. The molecule has 2 atom stereocenters. The monoisotopic (exact) mass is 1180 g/mol. The molecule has 0 aromatic carbocycles. The molecule has 6 nitrogen and oxygen atoms in total. The van der Waals surface area contributed by atoms with Crippen LogP contribution >= 0.6 is 0 Å². The summed E-state index contributed by atoms with van der Waals surface area (Å²) >= 11 is 0. The summed E-state index contributed by atoms with van der Waals surface area (Å²) in [7, 11) is 0. The van der Waals surface area contributed by atoms with Gasteiger partial charge in [0.25, 0.3) is 0 Å². The van der Waals surface area contributed by atoms with Crippen LogP contribution in [0.4, 0.5) is 0 Å². The average molecular weight is 1180 g/mol. The maximum absolute atomic E-state index is 12.5. The van der Waals surface area contributed by atoms with E-state index < -0.39 is 12.1 Å². The van der Waals surface area contributed by atoms with Crippen molar-refractivity contribution >= 4 is 11.9 Å². The number of nitrogens with one attached hydrogen (secondary N) is 1. The summed E-state index contributed by atoms with van der Waals surface area (Å²) in [6.45, 7) is 4.96. The minimum Gasteiger partial charge on any atom is -0.466 e. The number of hydrogen-bond donors (Lipinski definition) is 3. The number of hydrogen-bond acceptors (Lipinski definition) is 5. The summed E-state index contributed by atoms with van der Waals surface area (Å²) in [5.41, 5.74) is 0. The number of allylic oxidation sites excluding steroid dienone is 3. The smallest absolute Gasteiger partial charge is 0.305 e. The molecule has 0 aromatic heterocycles. The lowest BCUT2D eigenvalue weighted by Gasteiger charge is -2.20. The molecule has 0 aliphatic carbocycles. The van der Waals surface area contributed by atoms with E-state index in [-0.39, 0.29) is 18.5 Å². The van der Waals surface area contributed by atoms with Crippen LogP contribution in [0.15, 0.2) is 24.3 Å². The maximum Gasteiger partial charge on any atom is 0.305 e. The molecule has 6 heteroatoms. The highest BCUT2D eigenvalue weighted by Crippen LogP contribution is 2.19. The molecule has 0 radical (unpaired) electrons. The molecule has 0 heterocycles. The maximum atomic E-state index is 12.5. The zero-order chi connectivity index (χ0) is 60.6. The van der Waals surface area contributed by atoms with E-state index in [0.29, 0.717) is 19.4 Å². The van der Waals surface area contributed by atoms with Crippen LogP contribution in [0.5, 0.6) is 0 Å². The molecule has 0 aliphatic rings. The molecule has 0 fully saturated rings. The lowest BCUT2D eigenvalue weighted by atomic mass is 10.0. The molecule has 0 saturated carbocycles. The van der Waals surface area contributed by atoms with Crippen LogP contribution in [0, 0.1) is 0 Å². The summed E-state index contributed by atoms with van der Waals surface area (Å²) in [6, 6.07) is -0.626. The first-order valence-corrected chi connectivity index (χ1v) is 38.6. The van der Waals surface area contributed by atoms with Gasteiger partial charge in [0, 0.05) is 12.8 Å². The van der Waals surface area contributed by atoms with Crippen LogP contribution in [-0.4, -0.2) is 47.4 Å². The minimum atomic E-state index is -0.843. The zero-order valence-electron chi connectivity index (χ0n) is 57.2. The van der Waals surface area contributed by atoms with Gasteiger partial charge in [0.15, 0.2) is 0 Å². The predicted octanol–water partition coefficient (Wildman–Crippen LogP) is 25.3. The molecule has 0 spiro atoms. The van der Waals surface area contributed by atoms with Crippen molar-refractivity contribution in [1.29, 1.82) is 0 Å². The second-order valence-corrected chi connectivity index (χ2v) is 26.7. The van der Waals surface area contributed by atoms with Gasteiger partial charge in [-0.15, -0.1) is 0 Å². The fourth-order valence-corrected chi connectivity index (χ4v) is 12.3. The Labute approximate surface area is 526 Å². The minimum absolute atomic E-state index is 0.0222. The summed E-state index contributed by atoms with van der Waals surface area (Å²) in [5, 5.41) is 23.3. The van der Waals surface area contributed by atoms with Gasteiger partial charge in [-0.05, 0) is 57.8 Å². The van der Waals surface area contributed by atoms with E-state index in [1.165, 1.54) is 372 Å². The molecule has 3 N–H and O–H groups in total. The first-order chi connectivity index (χ1) is 41.5. The Bertz CT molecular complexity index is 1320. The molecule has 1 amide bonds. The first-order valence-electron chi connectivity index (χ1n) is 38.6. The Morgan fingerprint density at radius 2 is 0.560 bits per heavy atom. The topological polar surface area (TPSA) is 95.9 Å². The predicted molar refractivity (Wildman–Crippen MR) is 370 cm³/mol. The van der Waals surface area contributed by atoms with Crippen LogP contribution in [0.2, 0.25) is 0 Å². The number of amides is 1. The van der Waals surface area contributed by atoms with Crippen LogP contribution in [0.3, 0.4) is 0 Å². The van der Waals surface area contributed by atoms with Gasteiger partial charge in [0.2, 0.25) is 5.91 Å². The molecule has 84 heavy (non-hydrogen) atoms. The van der Waals surface area contributed by atoms with E-state index in [1.807, 2.05) is 6.08 Å². The van der Waals surface area contributed by atoms with Crippen molar-refractivity contribution in [1.82, 2.24) is 5.32 Å². The Morgan fingerprint density at radius 3 is 0.845 bits per heavy atom. The van der Waals surface area contributed by atoms with E-state index in [1.54, 1.807) is 6.08 Å². The van der Waals surface area contributed by atoms with E-state index in [0.717, 1.165) is 38.5 Å². The molecule has 498 valence electrons. The van der Waals surface area contributed by atoms with Gasteiger partial charge >= 0.3 is 5.97 Å². The van der Waals surface area contributed by atoms with Gasteiger partial charge in [-0.3, -0.25) is 9.59 Å². The summed E-state index contributed by atoms with van der Waals surface area (Å²) < 4.78 is 5.50. The SMILES string of the molecule is CCCCCCCCCCCCCCCCCCC/C=C/C(O)C(CO)NC(=O)CCCCCCCCCCCCCCCCCCC/C=C\CCCCCCCCCCCCCCOC(=O)CCCCCCCCCCCCCCCCC. The van der Waals surface area contributed by atoms with Gasteiger partial charge < -0.3 is 20.3 Å². The van der Waals surface area contributed by atoms with E-state index in [4.69, 9.17) is 4.74 Å². The molecule has 2 unspecified atom stereocenters. The van der Waals surface area contributed by atoms with E-state index in [9.17, 15) is 19.8 Å². The highest BCUT2D eigenvalue weighted by molar-refractivity contribution is 5.76. The number of carbonyl (C=O) groups excluding carboxylic acids is 2. The van der Waals surface area contributed by atoms with E-state index in [2.05, 4.69) is 31.3 Å². The molecule has 0 saturated heterocycles. The van der Waals surface area contributed by atoms with Crippen molar-refractivity contribution in [3.8, 4) is 0 Å². The van der Waals surface area contributed by atoms with Gasteiger partial charge in [0.05, 0.1) is 25.4 Å².